The van der Waals surface area contributed by atoms with Gasteiger partial charge < -0.3 is 10.1 Å². The van der Waals surface area contributed by atoms with Crippen LogP contribution < -0.4 is 5.32 Å². The van der Waals surface area contributed by atoms with Crippen LogP contribution in [0, 0.1) is 5.92 Å². The molecular formula is C23H23N3O3S. The van der Waals surface area contributed by atoms with E-state index in [0.29, 0.717) is 5.92 Å². The van der Waals surface area contributed by atoms with Crippen molar-refractivity contribution in [1.29, 1.82) is 0 Å². The molecule has 154 valence electrons. The van der Waals surface area contributed by atoms with Crippen molar-refractivity contribution < 1.29 is 14.3 Å². The molecule has 1 aliphatic rings. The average molecular weight is 422 g/mol. The minimum Gasteiger partial charge on any atom is -0.452 e. The molecule has 1 saturated carbocycles. The average Bonchev–Trinajstić information content (AvgIpc) is 3.30. The number of carbonyl (C=O) groups excluding carboxylic acids is 2. The van der Waals surface area contributed by atoms with Crippen molar-refractivity contribution in [2.75, 3.05) is 6.61 Å². The molecule has 0 bridgehead atoms. The highest BCUT2D eigenvalue weighted by molar-refractivity contribution is 7.13. The first-order chi connectivity index (χ1) is 14.6. The largest absolute Gasteiger partial charge is 0.452 e. The lowest BCUT2D eigenvalue weighted by Crippen LogP contribution is -2.36. The topological polar surface area (TPSA) is 73.2 Å². The minimum atomic E-state index is -0.561. The third-order valence-electron chi connectivity index (χ3n) is 4.98. The summed E-state index contributed by atoms with van der Waals surface area (Å²) < 4.78 is 6.87. The summed E-state index contributed by atoms with van der Waals surface area (Å²) in [5.41, 5.74) is 2.51. The summed E-state index contributed by atoms with van der Waals surface area (Å²) in [6, 6.07) is 13.9. The molecule has 1 aromatic carbocycles. The molecule has 1 atom stereocenters. The second kappa shape index (κ2) is 9.09. The molecule has 1 N–H and O–H groups in total. The Hall–Kier alpha value is -3.19. The minimum absolute atomic E-state index is 0.129. The second-order valence-corrected chi connectivity index (χ2v) is 8.27. The zero-order chi connectivity index (χ0) is 20.9. The highest BCUT2D eigenvalue weighted by atomic mass is 32.1. The second-order valence-electron chi connectivity index (χ2n) is 7.33. The number of thiophene rings is 1. The molecule has 0 saturated heterocycles. The number of nitrogens with zero attached hydrogens (tertiary/aromatic N) is 2. The summed E-state index contributed by atoms with van der Waals surface area (Å²) in [6.07, 6.45) is 7.17. The number of para-hydroxylation sites is 1. The SMILES string of the molecule is C[C@@H](NC(=O)COC(=O)/C=C/c1cn(-c2ccccc2)nc1-c1cccs1)C1CC1. The number of nitrogens with one attached hydrogen (secondary N) is 1. The van der Waals surface area contributed by atoms with Crippen LogP contribution in [0.25, 0.3) is 22.3 Å². The van der Waals surface area contributed by atoms with Crippen LogP contribution in [0.5, 0.6) is 0 Å². The maximum absolute atomic E-state index is 12.1. The molecule has 0 radical (unpaired) electrons. The molecule has 1 fully saturated rings. The van der Waals surface area contributed by atoms with Gasteiger partial charge in [0.2, 0.25) is 0 Å². The van der Waals surface area contributed by atoms with Crippen molar-refractivity contribution in [1.82, 2.24) is 15.1 Å². The molecule has 1 amide bonds. The Balaban J connectivity index is 1.43. The van der Waals surface area contributed by atoms with Crippen LogP contribution >= 0.6 is 11.3 Å². The number of ether oxygens (including phenoxy) is 1. The lowest BCUT2D eigenvalue weighted by atomic mass is 10.2. The van der Waals surface area contributed by atoms with Crippen LogP contribution in [0.1, 0.15) is 25.3 Å². The van der Waals surface area contributed by atoms with E-state index in [4.69, 9.17) is 4.74 Å². The Morgan fingerprint density at radius 3 is 2.77 bits per heavy atom. The first-order valence-corrected chi connectivity index (χ1v) is 10.8. The van der Waals surface area contributed by atoms with Crippen molar-refractivity contribution in [2.24, 2.45) is 5.92 Å². The van der Waals surface area contributed by atoms with E-state index in [0.717, 1.165) is 34.7 Å². The van der Waals surface area contributed by atoms with E-state index in [9.17, 15) is 9.59 Å². The van der Waals surface area contributed by atoms with Crippen LogP contribution in [0.15, 0.2) is 60.1 Å². The van der Waals surface area contributed by atoms with Crippen LogP contribution in [-0.2, 0) is 14.3 Å². The van der Waals surface area contributed by atoms with E-state index < -0.39 is 5.97 Å². The van der Waals surface area contributed by atoms with Gasteiger partial charge in [-0.2, -0.15) is 5.10 Å². The van der Waals surface area contributed by atoms with Crippen molar-refractivity contribution >= 4 is 29.3 Å². The Morgan fingerprint density at radius 1 is 1.27 bits per heavy atom. The first-order valence-electron chi connectivity index (χ1n) is 9.93. The van der Waals surface area contributed by atoms with Gasteiger partial charge in [-0.15, -0.1) is 11.3 Å². The summed E-state index contributed by atoms with van der Waals surface area (Å²) in [5.74, 6) is -0.275. The number of amides is 1. The van der Waals surface area contributed by atoms with Gasteiger partial charge in [0.1, 0.15) is 5.69 Å². The van der Waals surface area contributed by atoms with E-state index in [-0.39, 0.29) is 18.6 Å². The number of rotatable bonds is 8. The third-order valence-corrected chi connectivity index (χ3v) is 5.86. The molecule has 0 aliphatic heterocycles. The molecule has 2 heterocycles. The van der Waals surface area contributed by atoms with Crippen molar-refractivity contribution in [3.63, 3.8) is 0 Å². The van der Waals surface area contributed by atoms with Crippen molar-refractivity contribution in [3.8, 4) is 16.3 Å². The molecule has 6 nitrogen and oxygen atoms in total. The smallest absolute Gasteiger partial charge is 0.331 e. The van der Waals surface area contributed by atoms with Crippen molar-refractivity contribution in [2.45, 2.75) is 25.8 Å². The van der Waals surface area contributed by atoms with Gasteiger partial charge in [0.25, 0.3) is 5.91 Å². The van der Waals surface area contributed by atoms with Gasteiger partial charge in [-0.3, -0.25) is 4.79 Å². The Labute approximate surface area is 179 Å². The quantitative estimate of drug-likeness (QED) is 0.440. The number of hydrogen-bond acceptors (Lipinski definition) is 5. The molecule has 4 rings (SSSR count). The summed E-state index contributed by atoms with van der Waals surface area (Å²) in [6.45, 7) is 1.70. The molecule has 0 spiro atoms. The van der Waals surface area contributed by atoms with Crippen molar-refractivity contribution in [3.05, 3.63) is 65.7 Å². The summed E-state index contributed by atoms with van der Waals surface area (Å²) in [4.78, 5) is 25.0. The van der Waals surface area contributed by atoms with E-state index in [1.807, 2.05) is 61.0 Å². The zero-order valence-corrected chi connectivity index (χ0v) is 17.5. The van der Waals surface area contributed by atoms with Gasteiger partial charge in [-0.1, -0.05) is 24.3 Å². The molecule has 3 aromatic rings. The van der Waals surface area contributed by atoms with E-state index >= 15 is 0 Å². The van der Waals surface area contributed by atoms with Crippen LogP contribution in [-0.4, -0.2) is 34.3 Å². The lowest BCUT2D eigenvalue weighted by Gasteiger charge is -2.12. The molecular weight excluding hydrogens is 398 g/mol. The van der Waals surface area contributed by atoms with Gasteiger partial charge in [0.05, 0.1) is 10.6 Å². The van der Waals surface area contributed by atoms with E-state index in [1.54, 1.807) is 22.1 Å². The normalized spacial score (nSPS) is 14.6. The number of carbonyl (C=O) groups is 2. The third kappa shape index (κ3) is 5.04. The highest BCUT2D eigenvalue weighted by Gasteiger charge is 2.28. The fourth-order valence-electron chi connectivity index (χ4n) is 3.18. The zero-order valence-electron chi connectivity index (χ0n) is 16.7. The van der Waals surface area contributed by atoms with Gasteiger partial charge in [-0.25, -0.2) is 9.48 Å². The lowest BCUT2D eigenvalue weighted by molar-refractivity contribution is -0.144. The van der Waals surface area contributed by atoms with Crippen LogP contribution in [0.2, 0.25) is 0 Å². The monoisotopic (exact) mass is 421 g/mol. The standard InChI is InChI=1S/C23H23N3O3S/c1-16(17-9-10-17)24-21(27)15-29-22(28)12-11-18-14-26(19-6-3-2-4-7-19)25-23(18)20-8-5-13-30-20/h2-8,11-14,16-17H,9-10,15H2,1H3,(H,24,27)/b12-11+/t16-/m1/s1. The predicted octanol–water partition coefficient (Wildman–Crippen LogP) is 4.07. The predicted molar refractivity (Wildman–Crippen MR) is 117 cm³/mol. The maximum Gasteiger partial charge on any atom is 0.331 e. The van der Waals surface area contributed by atoms with Crippen LogP contribution in [0.4, 0.5) is 0 Å². The van der Waals surface area contributed by atoms with Gasteiger partial charge in [0, 0.05) is 23.9 Å². The molecule has 2 aromatic heterocycles. The van der Waals surface area contributed by atoms with Crippen LogP contribution in [0.3, 0.4) is 0 Å². The highest BCUT2D eigenvalue weighted by Crippen LogP contribution is 2.32. The van der Waals surface area contributed by atoms with E-state index in [2.05, 4.69) is 10.4 Å². The Morgan fingerprint density at radius 2 is 2.07 bits per heavy atom. The fraction of sp³-hybridized carbons (Fsp3) is 0.261. The number of esters is 1. The number of benzene rings is 1. The Bertz CT molecular complexity index is 1040. The Kier molecular flexibility index (Phi) is 6.09. The summed E-state index contributed by atoms with van der Waals surface area (Å²) in [5, 5.41) is 9.54. The van der Waals surface area contributed by atoms with Gasteiger partial charge in [-0.05, 0) is 55.3 Å². The molecule has 1 aliphatic carbocycles. The number of hydrogen-bond donors (Lipinski definition) is 1. The maximum atomic E-state index is 12.1. The van der Waals surface area contributed by atoms with E-state index in [1.165, 1.54) is 6.08 Å². The molecule has 0 unspecified atom stereocenters. The molecule has 7 heteroatoms. The summed E-state index contributed by atoms with van der Waals surface area (Å²) in [7, 11) is 0. The van der Waals surface area contributed by atoms with Gasteiger partial charge in [0.15, 0.2) is 6.61 Å². The summed E-state index contributed by atoms with van der Waals surface area (Å²) >= 11 is 1.58. The first kappa shape index (κ1) is 20.1. The molecule has 30 heavy (non-hydrogen) atoms. The number of aromatic nitrogens is 2. The van der Waals surface area contributed by atoms with Gasteiger partial charge >= 0.3 is 5.97 Å². The fourth-order valence-corrected chi connectivity index (χ4v) is 3.91.